The van der Waals surface area contributed by atoms with Crippen LogP contribution in [-0.4, -0.2) is 81.7 Å². The zero-order valence-electron chi connectivity index (χ0n) is 26.5. The van der Waals surface area contributed by atoms with E-state index in [2.05, 4.69) is 67.0 Å². The second kappa shape index (κ2) is 18.3. The molecule has 0 bridgehead atoms. The summed E-state index contributed by atoms with van der Waals surface area (Å²) < 4.78 is 17.4. The number of unbranched alkanes of at least 4 members (excludes halogenated alkanes) is 3. The molecule has 40 heavy (non-hydrogen) atoms. The molecular formula is C35H58N2O2Sn. The molecule has 0 spiro atoms. The summed E-state index contributed by atoms with van der Waals surface area (Å²) in [5, 5.41) is 0. The van der Waals surface area contributed by atoms with Crippen LogP contribution < -0.4 is 13.1 Å². The van der Waals surface area contributed by atoms with Gasteiger partial charge < -0.3 is 9.47 Å². The second-order valence-corrected chi connectivity index (χ2v) is 25.3. The molecule has 2 aromatic rings. The minimum atomic E-state index is -2.34. The normalized spacial score (nSPS) is 14.9. The van der Waals surface area contributed by atoms with Crippen LogP contribution in [0.15, 0.2) is 42.5 Å². The van der Waals surface area contributed by atoms with Crippen molar-refractivity contribution in [2.45, 2.75) is 91.9 Å². The average molecular weight is 658 g/mol. The molecule has 0 N–H and O–H groups in total. The van der Waals surface area contributed by atoms with E-state index in [-0.39, 0.29) is 0 Å². The molecule has 2 aromatic carbocycles. The van der Waals surface area contributed by atoms with Crippen LogP contribution in [0.1, 0.15) is 76.8 Å². The topological polar surface area (TPSA) is 24.9 Å². The van der Waals surface area contributed by atoms with Gasteiger partial charge in [-0.3, -0.25) is 0 Å². The Balaban J connectivity index is 1.47. The van der Waals surface area contributed by atoms with Gasteiger partial charge in [-0.05, 0) is 17.7 Å². The molecule has 0 saturated carbocycles. The Labute approximate surface area is 250 Å². The number of hydrogen-bond donors (Lipinski definition) is 0. The summed E-state index contributed by atoms with van der Waals surface area (Å²) in [4.78, 5) is 5.30. The van der Waals surface area contributed by atoms with Gasteiger partial charge in [0.25, 0.3) is 0 Å². The van der Waals surface area contributed by atoms with E-state index in [0.29, 0.717) is 0 Å². The van der Waals surface area contributed by atoms with Crippen molar-refractivity contribution in [3.05, 3.63) is 53.6 Å². The monoisotopic (exact) mass is 658 g/mol. The van der Waals surface area contributed by atoms with Gasteiger partial charge in [-0.1, -0.05) is 6.07 Å². The molecular weight excluding hydrogens is 599 g/mol. The minimum absolute atomic E-state index is 0.804. The summed E-state index contributed by atoms with van der Waals surface area (Å²) >= 11 is -2.34. The van der Waals surface area contributed by atoms with Crippen molar-refractivity contribution in [1.82, 2.24) is 9.80 Å². The summed E-state index contributed by atoms with van der Waals surface area (Å²) in [6.07, 6.45) is 11.9. The zero-order valence-corrected chi connectivity index (χ0v) is 29.3. The molecule has 3 rings (SSSR count). The first kappa shape index (κ1) is 33.3. The molecule has 0 atom stereocenters. The Hall–Kier alpha value is -1.24. The molecule has 5 heteroatoms. The van der Waals surface area contributed by atoms with Crippen molar-refractivity contribution in [2.75, 3.05) is 53.5 Å². The number of nitrogens with zero attached hydrogens (tertiary/aromatic N) is 2. The number of rotatable bonds is 19. The van der Waals surface area contributed by atoms with Crippen molar-refractivity contribution in [1.29, 1.82) is 0 Å². The zero-order chi connectivity index (χ0) is 28.6. The number of benzene rings is 2. The standard InChI is InChI=1S/C23H31N2O2.3C4H9.Sn/c1-26-22-11-10-21(19-23(22)27-2)12-14-25-17-15-24(16-18-25)13-6-9-20-7-4-3-5-8-20;3*1-3-4-2;/h3-4,7-8,10-11,19H,6,9,12-18H2,1-2H3;3*1,3-4H2,2H3;. The van der Waals surface area contributed by atoms with Crippen LogP contribution in [0.4, 0.5) is 0 Å². The van der Waals surface area contributed by atoms with E-state index in [1.165, 1.54) is 89.7 Å². The van der Waals surface area contributed by atoms with Gasteiger partial charge in [-0.15, -0.1) is 0 Å². The van der Waals surface area contributed by atoms with Gasteiger partial charge in [0.05, 0.1) is 14.2 Å². The van der Waals surface area contributed by atoms with E-state index in [1.54, 1.807) is 33.1 Å². The Morgan fingerprint density at radius 3 is 1.77 bits per heavy atom. The third-order valence-electron chi connectivity index (χ3n) is 9.14. The van der Waals surface area contributed by atoms with Crippen molar-refractivity contribution in [2.24, 2.45) is 0 Å². The van der Waals surface area contributed by atoms with Crippen molar-refractivity contribution in [3.63, 3.8) is 0 Å². The molecule has 0 amide bonds. The summed E-state index contributed by atoms with van der Waals surface area (Å²) in [7, 11) is 3.40. The van der Waals surface area contributed by atoms with E-state index in [4.69, 9.17) is 9.47 Å². The number of piperazine rings is 1. The van der Waals surface area contributed by atoms with Gasteiger partial charge in [0.1, 0.15) is 0 Å². The molecule has 1 aliphatic rings. The molecule has 0 aliphatic carbocycles. The number of hydrogen-bond acceptors (Lipinski definition) is 4. The SMILES string of the molecule is CCC[CH2][Sn]([CH2]CCC)([CH2]CCC)[c]1cccc(CCCN2CCN(CCc3ccc(OC)c(OC)c3)CC2)c1. The summed E-state index contributed by atoms with van der Waals surface area (Å²) in [6, 6.07) is 16.3. The van der Waals surface area contributed by atoms with Gasteiger partial charge in [0.2, 0.25) is 0 Å². The van der Waals surface area contributed by atoms with Crippen molar-refractivity contribution >= 4 is 22.0 Å². The Kier molecular flexibility index (Phi) is 15.2. The number of aryl methyl sites for hydroxylation is 1. The first-order valence-corrected chi connectivity index (χ1v) is 23.8. The molecule has 1 aliphatic heterocycles. The Morgan fingerprint density at radius 2 is 1.20 bits per heavy atom. The van der Waals surface area contributed by atoms with Gasteiger partial charge in [-0.2, -0.15) is 0 Å². The fraction of sp³-hybridized carbons (Fsp3) is 0.657. The summed E-state index contributed by atoms with van der Waals surface area (Å²) in [6.45, 7) is 14.2. The molecule has 1 fully saturated rings. The first-order valence-electron chi connectivity index (χ1n) is 16.3. The summed E-state index contributed by atoms with van der Waals surface area (Å²) in [5.41, 5.74) is 2.91. The predicted molar refractivity (Wildman–Crippen MR) is 175 cm³/mol. The molecule has 0 aromatic heterocycles. The molecule has 224 valence electrons. The fourth-order valence-corrected chi connectivity index (χ4v) is 22.6. The van der Waals surface area contributed by atoms with E-state index >= 15 is 0 Å². The van der Waals surface area contributed by atoms with Crippen molar-refractivity contribution < 1.29 is 9.47 Å². The predicted octanol–water partition coefficient (Wildman–Crippen LogP) is 7.55. The Morgan fingerprint density at radius 1 is 0.625 bits per heavy atom. The number of methoxy groups -OCH3 is 2. The molecule has 1 heterocycles. The third-order valence-corrected chi connectivity index (χ3v) is 24.7. The van der Waals surface area contributed by atoms with E-state index in [0.717, 1.165) is 24.5 Å². The van der Waals surface area contributed by atoms with Crippen LogP contribution in [-0.2, 0) is 12.8 Å². The van der Waals surface area contributed by atoms with Crippen molar-refractivity contribution in [3.8, 4) is 11.5 Å². The summed E-state index contributed by atoms with van der Waals surface area (Å²) in [5.74, 6) is 1.63. The molecule has 0 radical (unpaired) electrons. The second-order valence-electron chi connectivity index (χ2n) is 12.0. The van der Waals surface area contributed by atoms with Crippen LogP contribution in [0.25, 0.3) is 0 Å². The maximum absolute atomic E-state index is 5.48. The Bertz CT molecular complexity index is 952. The van der Waals surface area contributed by atoms with Crippen LogP contribution in [0.2, 0.25) is 13.3 Å². The first-order chi connectivity index (χ1) is 19.6. The van der Waals surface area contributed by atoms with Gasteiger partial charge in [0.15, 0.2) is 11.5 Å². The van der Waals surface area contributed by atoms with Crippen LogP contribution in [0.3, 0.4) is 0 Å². The van der Waals surface area contributed by atoms with E-state index in [9.17, 15) is 0 Å². The average Bonchev–Trinajstić information content (AvgIpc) is 3.00. The van der Waals surface area contributed by atoms with Crippen LogP contribution >= 0.6 is 0 Å². The molecule has 0 unspecified atom stereocenters. The van der Waals surface area contributed by atoms with Gasteiger partial charge in [0, 0.05) is 0 Å². The third kappa shape index (κ3) is 10.2. The molecule has 1 saturated heterocycles. The van der Waals surface area contributed by atoms with E-state index in [1.807, 2.05) is 9.65 Å². The van der Waals surface area contributed by atoms with Gasteiger partial charge >= 0.3 is 193 Å². The maximum atomic E-state index is 5.48. The van der Waals surface area contributed by atoms with E-state index < -0.39 is 18.4 Å². The van der Waals surface area contributed by atoms with Crippen LogP contribution in [0, 0.1) is 0 Å². The van der Waals surface area contributed by atoms with Crippen LogP contribution in [0.5, 0.6) is 11.5 Å². The van der Waals surface area contributed by atoms with Gasteiger partial charge in [-0.25, -0.2) is 0 Å². The number of ether oxygens (including phenoxy) is 2. The molecule has 4 nitrogen and oxygen atoms in total. The fourth-order valence-electron chi connectivity index (χ4n) is 6.48. The quantitative estimate of drug-likeness (QED) is 0.146.